The van der Waals surface area contributed by atoms with Crippen LogP contribution in [-0.4, -0.2) is 51.0 Å². The average molecular weight is 686 g/mol. The van der Waals surface area contributed by atoms with Crippen LogP contribution in [0.1, 0.15) is 80.9 Å². The molecule has 2 amide bonds. The summed E-state index contributed by atoms with van der Waals surface area (Å²) in [5.41, 5.74) is 1.61. The van der Waals surface area contributed by atoms with E-state index in [9.17, 15) is 18.6 Å². The van der Waals surface area contributed by atoms with Crippen molar-refractivity contribution in [3.8, 4) is 0 Å². The van der Waals surface area contributed by atoms with Crippen LogP contribution in [0.3, 0.4) is 0 Å². The number of hydrogen-bond donors (Lipinski definition) is 1. The van der Waals surface area contributed by atoms with Crippen LogP contribution in [0.5, 0.6) is 0 Å². The number of carbonyl (C=O) groups excluding carboxylic acids is 3. The third kappa shape index (κ3) is 8.20. The van der Waals surface area contributed by atoms with Crippen molar-refractivity contribution in [2.45, 2.75) is 70.7 Å². The average Bonchev–Trinajstić information content (AvgIpc) is 3.01. The molecule has 1 heterocycles. The summed E-state index contributed by atoms with van der Waals surface area (Å²) in [5, 5.41) is 3.98. The molecule has 10 heteroatoms. The second-order valence-electron chi connectivity index (χ2n) is 12.8. The van der Waals surface area contributed by atoms with Gasteiger partial charge in [0.05, 0.1) is 24.1 Å². The number of methoxy groups -OCH3 is 1. The molecule has 0 spiro atoms. The highest BCUT2D eigenvalue weighted by molar-refractivity contribution is 7.85. The van der Waals surface area contributed by atoms with Gasteiger partial charge in [-0.05, 0) is 72.0 Å². The van der Waals surface area contributed by atoms with E-state index in [1.807, 2.05) is 88.0 Å². The van der Waals surface area contributed by atoms with Crippen molar-refractivity contribution in [1.29, 1.82) is 0 Å². The quantitative estimate of drug-likeness (QED) is 0.206. The molecule has 3 aromatic carbocycles. The fourth-order valence-corrected chi connectivity index (χ4v) is 7.82. The van der Waals surface area contributed by atoms with Crippen molar-refractivity contribution >= 4 is 57.5 Å². The predicted octanol–water partition coefficient (Wildman–Crippen LogP) is 8.05. The van der Waals surface area contributed by atoms with Gasteiger partial charge in [0, 0.05) is 55.9 Å². The zero-order chi connectivity index (χ0) is 33.8. The van der Waals surface area contributed by atoms with Gasteiger partial charge in [0.25, 0.3) is 0 Å². The van der Waals surface area contributed by atoms with Crippen LogP contribution in [0.15, 0.2) is 72.8 Å². The number of benzene rings is 3. The molecule has 0 aliphatic carbocycles. The van der Waals surface area contributed by atoms with Gasteiger partial charge >= 0.3 is 5.97 Å². The van der Waals surface area contributed by atoms with Crippen molar-refractivity contribution in [3.05, 3.63) is 99.5 Å². The Morgan fingerprint density at radius 3 is 2.20 bits per heavy atom. The lowest BCUT2D eigenvalue weighted by atomic mass is 9.66. The standard InChI is InChI=1S/C36H42Cl2N2O5S/c1-22(2)31(21-46(44)23(3)4)40-33(24-10-14-27(37)15-11-24)30(26-8-7-9-28(38)18-26)19-36(5,35(40)43)20-32(41)39-29-16-12-25(13-17-29)34(42)45-6/h7-18,22-23,30-31,33H,19-21H2,1-6H3,(H,39,41)/t30-,31-,33-,36-,46?/m1/s1. The van der Waals surface area contributed by atoms with Crippen LogP contribution in [0.4, 0.5) is 5.69 Å². The number of piperidine rings is 1. The molecule has 0 radical (unpaired) electrons. The first-order valence-corrected chi connectivity index (χ1v) is 17.6. The number of carbonyl (C=O) groups is 3. The van der Waals surface area contributed by atoms with E-state index >= 15 is 0 Å². The number of rotatable bonds is 11. The van der Waals surface area contributed by atoms with E-state index in [2.05, 4.69) is 5.32 Å². The smallest absolute Gasteiger partial charge is 0.337 e. The van der Waals surface area contributed by atoms with E-state index in [1.165, 1.54) is 7.11 Å². The van der Waals surface area contributed by atoms with E-state index in [0.717, 1.165) is 11.1 Å². The Bertz CT molecular complexity index is 1580. The Labute approximate surface area is 284 Å². The number of nitrogens with one attached hydrogen (secondary N) is 1. The molecule has 4 rings (SSSR count). The molecule has 246 valence electrons. The first kappa shape index (κ1) is 35.7. The molecule has 1 unspecified atom stereocenters. The van der Waals surface area contributed by atoms with E-state index in [0.29, 0.717) is 33.5 Å². The van der Waals surface area contributed by atoms with Crippen LogP contribution in [0, 0.1) is 11.3 Å². The van der Waals surface area contributed by atoms with Gasteiger partial charge in [-0.25, -0.2) is 4.79 Å². The Balaban J connectivity index is 1.80. The zero-order valence-electron chi connectivity index (χ0n) is 27.1. The monoisotopic (exact) mass is 684 g/mol. The second kappa shape index (κ2) is 15.1. The van der Waals surface area contributed by atoms with Gasteiger partial charge in [0.2, 0.25) is 11.8 Å². The lowest BCUT2D eigenvalue weighted by molar-refractivity contribution is -0.157. The minimum Gasteiger partial charge on any atom is -0.465 e. The van der Waals surface area contributed by atoms with Crippen LogP contribution < -0.4 is 5.32 Å². The molecule has 0 aromatic heterocycles. The molecule has 0 saturated carbocycles. The highest BCUT2D eigenvalue weighted by Gasteiger charge is 2.53. The van der Waals surface area contributed by atoms with Gasteiger partial charge < -0.3 is 15.0 Å². The molecular weight excluding hydrogens is 643 g/mol. The van der Waals surface area contributed by atoms with Crippen LogP contribution in [0.2, 0.25) is 10.0 Å². The van der Waals surface area contributed by atoms with Crippen molar-refractivity contribution in [2.24, 2.45) is 11.3 Å². The summed E-state index contributed by atoms with van der Waals surface area (Å²) in [7, 11) is 0.117. The maximum atomic E-state index is 14.9. The van der Waals surface area contributed by atoms with E-state index in [1.54, 1.807) is 24.3 Å². The van der Waals surface area contributed by atoms with Gasteiger partial charge in [-0.2, -0.15) is 0 Å². The number of hydrogen-bond acceptors (Lipinski definition) is 5. The van der Waals surface area contributed by atoms with E-state index in [4.69, 9.17) is 27.9 Å². The van der Waals surface area contributed by atoms with Crippen LogP contribution >= 0.6 is 23.2 Å². The van der Waals surface area contributed by atoms with Gasteiger partial charge in [-0.15, -0.1) is 0 Å². The molecule has 1 aliphatic heterocycles. The van der Waals surface area contributed by atoms with Gasteiger partial charge in [0.1, 0.15) is 0 Å². The minimum atomic E-state index is -1.19. The SMILES string of the molecule is COC(=O)c1ccc(NC(=O)C[C@@]2(C)C[C@H](c3cccc(Cl)c3)[C@@H](c3ccc(Cl)cc3)N([C@H](CS(=O)C(C)C)C(C)C)C2=O)cc1. The summed E-state index contributed by atoms with van der Waals surface area (Å²) in [6, 6.07) is 20.8. The number of likely N-dealkylation sites (tertiary alicyclic amines) is 1. The highest BCUT2D eigenvalue weighted by Crippen LogP contribution is 2.52. The lowest BCUT2D eigenvalue weighted by Crippen LogP contribution is -2.58. The van der Waals surface area contributed by atoms with Crippen molar-refractivity contribution < 1.29 is 23.3 Å². The number of halogens is 2. The maximum absolute atomic E-state index is 14.9. The maximum Gasteiger partial charge on any atom is 0.337 e. The lowest BCUT2D eigenvalue weighted by Gasteiger charge is -2.53. The number of nitrogens with zero attached hydrogens (tertiary/aromatic N) is 1. The Morgan fingerprint density at radius 2 is 1.63 bits per heavy atom. The fraction of sp³-hybridized carbons (Fsp3) is 0.417. The number of esters is 1. The minimum absolute atomic E-state index is 0.0223. The summed E-state index contributed by atoms with van der Waals surface area (Å²) in [4.78, 5) is 42.3. The molecule has 1 N–H and O–H groups in total. The Kier molecular flexibility index (Phi) is 11.7. The molecule has 0 bridgehead atoms. The molecule has 46 heavy (non-hydrogen) atoms. The molecule has 5 atom stereocenters. The topological polar surface area (TPSA) is 92.8 Å². The first-order valence-electron chi connectivity index (χ1n) is 15.4. The molecule has 1 saturated heterocycles. The number of amides is 2. The normalized spacial score (nSPS) is 21.3. The van der Waals surface area contributed by atoms with Gasteiger partial charge in [-0.3, -0.25) is 13.8 Å². The first-order chi connectivity index (χ1) is 21.7. The predicted molar refractivity (Wildman–Crippen MR) is 186 cm³/mol. The number of ether oxygens (including phenoxy) is 1. The van der Waals surface area contributed by atoms with Crippen LogP contribution in [0.25, 0.3) is 0 Å². The van der Waals surface area contributed by atoms with Gasteiger partial charge in [0.15, 0.2) is 0 Å². The zero-order valence-corrected chi connectivity index (χ0v) is 29.4. The van der Waals surface area contributed by atoms with E-state index < -0.39 is 28.2 Å². The van der Waals surface area contributed by atoms with Crippen molar-refractivity contribution in [3.63, 3.8) is 0 Å². The third-order valence-electron chi connectivity index (χ3n) is 8.72. The summed E-state index contributed by atoms with van der Waals surface area (Å²) in [6.07, 6.45) is 0.298. The van der Waals surface area contributed by atoms with Crippen LogP contribution in [-0.2, 0) is 25.1 Å². The summed E-state index contributed by atoms with van der Waals surface area (Å²) >= 11 is 12.8. The Hall–Kier alpha value is -3.20. The Morgan fingerprint density at radius 1 is 0.978 bits per heavy atom. The second-order valence-corrected chi connectivity index (χ2v) is 15.7. The molecular formula is C36H42Cl2N2O5S. The molecule has 3 aromatic rings. The van der Waals surface area contributed by atoms with E-state index in [-0.39, 0.29) is 41.4 Å². The van der Waals surface area contributed by atoms with Crippen molar-refractivity contribution in [1.82, 2.24) is 4.90 Å². The third-order valence-corrected chi connectivity index (χ3v) is 10.9. The summed E-state index contributed by atoms with van der Waals surface area (Å²) in [6.45, 7) is 9.76. The molecule has 1 fully saturated rings. The largest absolute Gasteiger partial charge is 0.465 e. The highest BCUT2D eigenvalue weighted by atomic mass is 35.5. The molecule has 7 nitrogen and oxygen atoms in total. The van der Waals surface area contributed by atoms with Gasteiger partial charge in [-0.1, -0.05) is 82.1 Å². The fourth-order valence-electron chi connectivity index (χ4n) is 6.23. The summed E-state index contributed by atoms with van der Waals surface area (Å²) < 4.78 is 18.1. The van der Waals surface area contributed by atoms with Crippen molar-refractivity contribution in [2.75, 3.05) is 18.2 Å². The molecule has 1 aliphatic rings. The number of anilines is 1. The summed E-state index contributed by atoms with van der Waals surface area (Å²) in [5.74, 6) is -0.917.